The van der Waals surface area contributed by atoms with E-state index in [1.807, 2.05) is 0 Å². The number of carbonyl (C=O) groups excluding carboxylic acids is 1. The smallest absolute Gasteiger partial charge is 0.314 e. The molecule has 2 amide bonds. The van der Waals surface area contributed by atoms with Gasteiger partial charge >= 0.3 is 6.03 Å². The Bertz CT molecular complexity index is 247. The lowest BCUT2D eigenvalue weighted by Crippen LogP contribution is -2.47. The van der Waals surface area contributed by atoms with Crippen LogP contribution >= 0.6 is 0 Å². The first-order valence-electron chi connectivity index (χ1n) is 7.24. The summed E-state index contributed by atoms with van der Waals surface area (Å²) in [6, 6.07) is 0.392. The summed E-state index contributed by atoms with van der Waals surface area (Å²) in [5.74, 6) is 1.35. The zero-order valence-electron chi connectivity index (χ0n) is 12.3. The van der Waals surface area contributed by atoms with Crippen LogP contribution in [-0.2, 0) is 0 Å². The number of hydrogen-bond acceptors (Lipinski definition) is 2. The molecular weight excluding hydrogens is 226 g/mol. The molecule has 1 fully saturated rings. The summed E-state index contributed by atoms with van der Waals surface area (Å²) < 4.78 is 0. The highest BCUT2D eigenvalue weighted by atomic mass is 16.2. The molecule has 0 aromatic carbocycles. The second kappa shape index (κ2) is 7.62. The minimum absolute atomic E-state index is 0.0408. The Morgan fingerprint density at radius 2 is 1.72 bits per heavy atom. The van der Waals surface area contributed by atoms with Crippen LogP contribution in [0.25, 0.3) is 0 Å². The molecule has 0 radical (unpaired) electrons. The summed E-state index contributed by atoms with van der Waals surface area (Å²) in [4.78, 5) is 14.0. The fraction of sp³-hybridized carbons (Fsp3) is 0.929. The van der Waals surface area contributed by atoms with Crippen LogP contribution in [0.4, 0.5) is 4.79 Å². The van der Waals surface area contributed by atoms with Crippen molar-refractivity contribution in [2.75, 3.05) is 26.2 Å². The Kier molecular flexibility index (Phi) is 6.47. The number of hydrogen-bond donors (Lipinski definition) is 2. The second-order valence-electron chi connectivity index (χ2n) is 6.05. The van der Waals surface area contributed by atoms with Gasteiger partial charge in [0.2, 0.25) is 0 Å². The van der Waals surface area contributed by atoms with Crippen LogP contribution < -0.4 is 10.6 Å². The van der Waals surface area contributed by atoms with Crippen molar-refractivity contribution in [3.8, 4) is 0 Å². The van der Waals surface area contributed by atoms with Gasteiger partial charge in [0.1, 0.15) is 0 Å². The van der Waals surface area contributed by atoms with Crippen molar-refractivity contribution >= 4 is 6.03 Å². The largest absolute Gasteiger partial charge is 0.338 e. The normalized spacial score (nSPS) is 19.8. The van der Waals surface area contributed by atoms with E-state index in [2.05, 4.69) is 43.2 Å². The molecule has 18 heavy (non-hydrogen) atoms. The first-order chi connectivity index (χ1) is 8.49. The molecule has 1 atom stereocenters. The average Bonchev–Trinajstić information content (AvgIpc) is 2.34. The molecule has 0 aliphatic carbocycles. The van der Waals surface area contributed by atoms with E-state index < -0.39 is 0 Å². The molecule has 1 heterocycles. The van der Waals surface area contributed by atoms with E-state index in [4.69, 9.17) is 0 Å². The summed E-state index contributed by atoms with van der Waals surface area (Å²) in [5, 5.41) is 5.83. The lowest BCUT2D eigenvalue weighted by atomic mass is 9.98. The molecule has 2 N–H and O–H groups in total. The van der Waals surface area contributed by atoms with Crippen LogP contribution in [-0.4, -0.2) is 43.2 Å². The zero-order valence-corrected chi connectivity index (χ0v) is 12.3. The predicted octanol–water partition coefficient (Wildman–Crippen LogP) is 2.06. The fourth-order valence-electron chi connectivity index (χ4n) is 2.20. The van der Waals surface area contributed by atoms with Crippen molar-refractivity contribution in [2.45, 2.75) is 46.6 Å². The van der Waals surface area contributed by atoms with E-state index in [-0.39, 0.29) is 6.03 Å². The Morgan fingerprint density at radius 1 is 1.17 bits per heavy atom. The highest BCUT2D eigenvalue weighted by Gasteiger charge is 2.20. The van der Waals surface area contributed by atoms with E-state index in [9.17, 15) is 4.79 Å². The third-order valence-electron chi connectivity index (χ3n) is 3.67. The Balaban J connectivity index is 2.16. The SMILES string of the molecule is CC(C)CNC(=O)NCC(C)N1CCC(C)CC1. The topological polar surface area (TPSA) is 44.4 Å². The third kappa shape index (κ3) is 5.71. The zero-order chi connectivity index (χ0) is 13.5. The summed E-state index contributed by atoms with van der Waals surface area (Å²) in [6.45, 7) is 12.5. The van der Waals surface area contributed by atoms with Gasteiger partial charge in [-0.05, 0) is 44.7 Å². The Morgan fingerprint density at radius 3 is 2.28 bits per heavy atom. The number of nitrogens with one attached hydrogen (secondary N) is 2. The maximum atomic E-state index is 11.5. The van der Waals surface area contributed by atoms with Gasteiger partial charge in [0.15, 0.2) is 0 Å². The van der Waals surface area contributed by atoms with E-state index in [1.54, 1.807) is 0 Å². The number of piperidine rings is 1. The lowest BCUT2D eigenvalue weighted by molar-refractivity contribution is 0.145. The van der Waals surface area contributed by atoms with Crippen LogP contribution in [0.5, 0.6) is 0 Å². The van der Waals surface area contributed by atoms with Gasteiger partial charge < -0.3 is 10.6 Å². The van der Waals surface area contributed by atoms with Gasteiger partial charge in [-0.2, -0.15) is 0 Å². The van der Waals surface area contributed by atoms with Crippen molar-refractivity contribution in [2.24, 2.45) is 11.8 Å². The van der Waals surface area contributed by atoms with E-state index in [0.717, 1.165) is 32.1 Å². The molecule has 1 unspecified atom stereocenters. The number of rotatable bonds is 5. The van der Waals surface area contributed by atoms with Crippen LogP contribution in [0, 0.1) is 11.8 Å². The molecule has 0 saturated carbocycles. The van der Waals surface area contributed by atoms with Crippen molar-refractivity contribution in [3.05, 3.63) is 0 Å². The van der Waals surface area contributed by atoms with Crippen molar-refractivity contribution < 1.29 is 4.79 Å². The number of urea groups is 1. The first kappa shape index (κ1) is 15.3. The summed E-state index contributed by atoms with van der Waals surface area (Å²) >= 11 is 0. The molecule has 106 valence electrons. The molecule has 0 bridgehead atoms. The average molecular weight is 255 g/mol. The number of nitrogens with zero attached hydrogens (tertiary/aromatic N) is 1. The monoisotopic (exact) mass is 255 g/mol. The molecule has 4 heteroatoms. The molecule has 1 rings (SSSR count). The molecule has 0 aromatic heterocycles. The van der Waals surface area contributed by atoms with Gasteiger partial charge in [0, 0.05) is 19.1 Å². The van der Waals surface area contributed by atoms with E-state index in [1.165, 1.54) is 12.8 Å². The van der Waals surface area contributed by atoms with E-state index in [0.29, 0.717) is 12.0 Å². The van der Waals surface area contributed by atoms with Crippen molar-refractivity contribution in [3.63, 3.8) is 0 Å². The summed E-state index contributed by atoms with van der Waals surface area (Å²) in [6.07, 6.45) is 2.56. The minimum atomic E-state index is -0.0408. The van der Waals surface area contributed by atoms with Crippen LogP contribution in [0.3, 0.4) is 0 Å². The minimum Gasteiger partial charge on any atom is -0.338 e. The van der Waals surface area contributed by atoms with Crippen molar-refractivity contribution in [1.82, 2.24) is 15.5 Å². The molecule has 1 aliphatic rings. The highest BCUT2D eigenvalue weighted by Crippen LogP contribution is 2.17. The summed E-state index contributed by atoms with van der Waals surface area (Å²) in [7, 11) is 0. The van der Waals surface area contributed by atoms with Gasteiger partial charge in [-0.3, -0.25) is 4.90 Å². The number of carbonyl (C=O) groups is 1. The Labute approximate surface area is 111 Å². The van der Waals surface area contributed by atoms with Gasteiger partial charge in [0.05, 0.1) is 0 Å². The van der Waals surface area contributed by atoms with Gasteiger partial charge in [-0.1, -0.05) is 20.8 Å². The number of amides is 2. The van der Waals surface area contributed by atoms with Gasteiger partial charge in [-0.15, -0.1) is 0 Å². The van der Waals surface area contributed by atoms with Crippen molar-refractivity contribution in [1.29, 1.82) is 0 Å². The maximum Gasteiger partial charge on any atom is 0.314 e. The first-order valence-corrected chi connectivity index (χ1v) is 7.24. The third-order valence-corrected chi connectivity index (χ3v) is 3.67. The summed E-state index contributed by atoms with van der Waals surface area (Å²) in [5.41, 5.74) is 0. The molecule has 0 spiro atoms. The molecule has 4 nitrogen and oxygen atoms in total. The molecule has 0 aromatic rings. The highest BCUT2D eigenvalue weighted by molar-refractivity contribution is 5.73. The fourth-order valence-corrected chi connectivity index (χ4v) is 2.20. The second-order valence-corrected chi connectivity index (χ2v) is 6.05. The Hall–Kier alpha value is -0.770. The maximum absolute atomic E-state index is 11.5. The lowest BCUT2D eigenvalue weighted by Gasteiger charge is -2.35. The standard InChI is InChI=1S/C14H29N3O/c1-11(2)9-15-14(18)16-10-13(4)17-7-5-12(3)6-8-17/h11-13H,5-10H2,1-4H3,(H2,15,16,18). The molecular formula is C14H29N3O. The van der Waals surface area contributed by atoms with Gasteiger partial charge in [0.25, 0.3) is 0 Å². The van der Waals surface area contributed by atoms with E-state index >= 15 is 0 Å². The number of likely N-dealkylation sites (tertiary alicyclic amines) is 1. The van der Waals surface area contributed by atoms with Crippen LogP contribution in [0.15, 0.2) is 0 Å². The molecule has 1 aliphatic heterocycles. The van der Waals surface area contributed by atoms with Gasteiger partial charge in [-0.25, -0.2) is 4.79 Å². The van der Waals surface area contributed by atoms with Crippen LogP contribution in [0.2, 0.25) is 0 Å². The predicted molar refractivity (Wildman–Crippen MR) is 75.7 cm³/mol. The molecule has 1 saturated heterocycles. The van der Waals surface area contributed by atoms with Crippen LogP contribution in [0.1, 0.15) is 40.5 Å². The quantitative estimate of drug-likeness (QED) is 0.790.